The zero-order chi connectivity index (χ0) is 14.9. The number of carboxylic acids is 1. The van der Waals surface area contributed by atoms with Crippen LogP contribution in [0.1, 0.15) is 51.2 Å². The molecule has 1 aliphatic rings. The quantitative estimate of drug-likeness (QED) is 0.871. The summed E-state index contributed by atoms with van der Waals surface area (Å²) < 4.78 is 0. The van der Waals surface area contributed by atoms with Crippen LogP contribution in [0.15, 0.2) is 24.3 Å². The van der Waals surface area contributed by atoms with E-state index in [2.05, 4.69) is 57.3 Å². The first-order valence-corrected chi connectivity index (χ1v) is 7.35. The fraction of sp³-hybridized carbons (Fsp3) is 0.588. The lowest BCUT2D eigenvalue weighted by molar-refractivity contribution is -0.143. The maximum Gasteiger partial charge on any atom is 0.308 e. The third-order valence-corrected chi connectivity index (χ3v) is 4.30. The average Bonchev–Trinajstić information content (AvgIpc) is 2.37. The molecule has 1 saturated heterocycles. The van der Waals surface area contributed by atoms with Crippen molar-refractivity contribution in [2.45, 2.75) is 51.5 Å². The highest BCUT2D eigenvalue weighted by molar-refractivity contribution is 5.72. The molecule has 2 N–H and O–H groups in total. The predicted molar refractivity (Wildman–Crippen MR) is 81.1 cm³/mol. The second-order valence-electron chi connectivity index (χ2n) is 6.97. The fourth-order valence-electron chi connectivity index (χ4n) is 2.96. The van der Waals surface area contributed by atoms with E-state index in [1.807, 2.05) is 0 Å². The highest BCUT2D eigenvalue weighted by Crippen LogP contribution is 2.34. The largest absolute Gasteiger partial charge is 0.481 e. The van der Waals surface area contributed by atoms with Gasteiger partial charge in [-0.2, -0.15) is 0 Å². The molecule has 0 bridgehead atoms. The molecule has 3 unspecified atom stereocenters. The number of aliphatic carboxylic acids is 1. The summed E-state index contributed by atoms with van der Waals surface area (Å²) in [4.78, 5) is 11.4. The molecule has 0 spiro atoms. The molecule has 3 atom stereocenters. The number of benzene rings is 1. The van der Waals surface area contributed by atoms with Gasteiger partial charge in [-0.1, -0.05) is 45.0 Å². The smallest absolute Gasteiger partial charge is 0.308 e. The van der Waals surface area contributed by atoms with Crippen LogP contribution in [0.5, 0.6) is 0 Å². The molecule has 0 amide bonds. The molecule has 110 valence electrons. The molecule has 3 nitrogen and oxygen atoms in total. The summed E-state index contributed by atoms with van der Waals surface area (Å²) in [5.74, 6) is -0.918. The Labute approximate surface area is 121 Å². The maximum atomic E-state index is 11.4. The van der Waals surface area contributed by atoms with Crippen molar-refractivity contribution in [1.29, 1.82) is 0 Å². The van der Waals surface area contributed by atoms with Gasteiger partial charge >= 0.3 is 5.97 Å². The number of nitrogens with one attached hydrogen (secondary N) is 1. The first-order chi connectivity index (χ1) is 9.29. The van der Waals surface area contributed by atoms with Crippen molar-refractivity contribution in [1.82, 2.24) is 5.32 Å². The van der Waals surface area contributed by atoms with Crippen molar-refractivity contribution in [2.75, 3.05) is 6.54 Å². The Morgan fingerprint density at radius 3 is 2.35 bits per heavy atom. The Morgan fingerprint density at radius 2 is 1.85 bits per heavy atom. The van der Waals surface area contributed by atoms with Crippen LogP contribution in [0.25, 0.3) is 0 Å². The Bertz CT molecular complexity index is 473. The minimum Gasteiger partial charge on any atom is -0.481 e. The van der Waals surface area contributed by atoms with Crippen molar-refractivity contribution in [3.05, 3.63) is 35.4 Å². The maximum absolute atomic E-state index is 11.4. The van der Waals surface area contributed by atoms with E-state index in [9.17, 15) is 9.90 Å². The monoisotopic (exact) mass is 275 g/mol. The van der Waals surface area contributed by atoms with Crippen LogP contribution < -0.4 is 5.32 Å². The number of carboxylic acid groups (broad SMARTS) is 1. The highest BCUT2D eigenvalue weighted by Gasteiger charge is 2.34. The van der Waals surface area contributed by atoms with Gasteiger partial charge in [-0.25, -0.2) is 0 Å². The third kappa shape index (κ3) is 3.21. The SMILES string of the molecule is CC1CC(c2ccc(C(C)(C)C)cc2)C(C(=O)O)CN1. The van der Waals surface area contributed by atoms with E-state index >= 15 is 0 Å². The summed E-state index contributed by atoms with van der Waals surface area (Å²) in [5, 5.41) is 12.7. The van der Waals surface area contributed by atoms with Gasteiger partial charge in [0.05, 0.1) is 5.92 Å². The Morgan fingerprint density at radius 1 is 1.25 bits per heavy atom. The molecule has 0 aromatic heterocycles. The zero-order valence-corrected chi connectivity index (χ0v) is 12.8. The van der Waals surface area contributed by atoms with Gasteiger partial charge < -0.3 is 10.4 Å². The van der Waals surface area contributed by atoms with Gasteiger partial charge in [0, 0.05) is 12.6 Å². The summed E-state index contributed by atoms with van der Waals surface area (Å²) >= 11 is 0. The number of piperidine rings is 1. The predicted octanol–water partition coefficient (Wildman–Crippen LogP) is 3.15. The molecule has 0 aliphatic carbocycles. The zero-order valence-electron chi connectivity index (χ0n) is 12.8. The van der Waals surface area contributed by atoms with Crippen LogP contribution in [-0.2, 0) is 10.2 Å². The topological polar surface area (TPSA) is 49.3 Å². The van der Waals surface area contributed by atoms with Crippen molar-refractivity contribution >= 4 is 5.97 Å². The Balaban J connectivity index is 2.26. The Hall–Kier alpha value is -1.35. The summed E-state index contributed by atoms with van der Waals surface area (Å²) in [6, 6.07) is 8.87. The van der Waals surface area contributed by atoms with E-state index in [4.69, 9.17) is 0 Å². The van der Waals surface area contributed by atoms with E-state index in [0.29, 0.717) is 12.6 Å². The van der Waals surface area contributed by atoms with Crippen molar-refractivity contribution in [3.8, 4) is 0 Å². The van der Waals surface area contributed by atoms with Gasteiger partial charge in [0.15, 0.2) is 0 Å². The van der Waals surface area contributed by atoms with Crippen LogP contribution in [-0.4, -0.2) is 23.7 Å². The lowest BCUT2D eigenvalue weighted by Crippen LogP contribution is -2.44. The van der Waals surface area contributed by atoms with Crippen LogP contribution in [0.4, 0.5) is 0 Å². The standard InChI is InChI=1S/C17H25NO2/c1-11-9-14(15(10-18-11)16(19)20)12-5-7-13(8-6-12)17(2,3)4/h5-8,11,14-15,18H,9-10H2,1-4H3,(H,19,20). The summed E-state index contributed by atoms with van der Waals surface area (Å²) in [6.45, 7) is 9.24. The molecule has 0 saturated carbocycles. The third-order valence-electron chi connectivity index (χ3n) is 4.30. The van der Waals surface area contributed by atoms with E-state index < -0.39 is 5.97 Å². The number of hydrogen-bond acceptors (Lipinski definition) is 2. The van der Waals surface area contributed by atoms with Crippen LogP contribution in [0.2, 0.25) is 0 Å². The van der Waals surface area contributed by atoms with Gasteiger partial charge in [-0.05, 0) is 35.8 Å². The molecule has 1 fully saturated rings. The van der Waals surface area contributed by atoms with E-state index in [1.165, 1.54) is 5.56 Å². The first-order valence-electron chi connectivity index (χ1n) is 7.35. The van der Waals surface area contributed by atoms with Gasteiger partial charge in [0.25, 0.3) is 0 Å². The first kappa shape index (κ1) is 15.0. The van der Waals surface area contributed by atoms with Crippen molar-refractivity contribution < 1.29 is 9.90 Å². The van der Waals surface area contributed by atoms with Gasteiger partial charge in [0.1, 0.15) is 0 Å². The molecule has 3 heteroatoms. The van der Waals surface area contributed by atoms with Gasteiger partial charge in [-0.15, -0.1) is 0 Å². The second-order valence-corrected chi connectivity index (χ2v) is 6.97. The molecular formula is C17H25NO2. The van der Waals surface area contributed by atoms with Crippen LogP contribution in [0.3, 0.4) is 0 Å². The fourth-order valence-corrected chi connectivity index (χ4v) is 2.96. The molecule has 1 aromatic carbocycles. The molecule has 1 aromatic rings. The van der Waals surface area contributed by atoms with Gasteiger partial charge in [0.2, 0.25) is 0 Å². The molecule has 2 rings (SSSR count). The molecule has 0 radical (unpaired) electrons. The lowest BCUT2D eigenvalue weighted by atomic mass is 9.77. The van der Waals surface area contributed by atoms with E-state index in [1.54, 1.807) is 0 Å². The average molecular weight is 275 g/mol. The van der Waals surface area contributed by atoms with Crippen LogP contribution in [0, 0.1) is 5.92 Å². The number of carbonyl (C=O) groups is 1. The summed E-state index contributed by atoms with van der Waals surface area (Å²) in [6.07, 6.45) is 0.881. The highest BCUT2D eigenvalue weighted by atomic mass is 16.4. The molecular weight excluding hydrogens is 250 g/mol. The number of rotatable bonds is 2. The normalized spacial score (nSPS) is 27.3. The minimum atomic E-state index is -0.700. The van der Waals surface area contributed by atoms with Crippen LogP contribution >= 0.6 is 0 Å². The van der Waals surface area contributed by atoms with Crippen molar-refractivity contribution in [2.24, 2.45) is 5.92 Å². The molecule has 1 heterocycles. The molecule has 20 heavy (non-hydrogen) atoms. The summed E-state index contributed by atoms with van der Waals surface area (Å²) in [7, 11) is 0. The Kier molecular flexibility index (Phi) is 4.19. The van der Waals surface area contributed by atoms with Gasteiger partial charge in [-0.3, -0.25) is 4.79 Å². The van der Waals surface area contributed by atoms with Crippen molar-refractivity contribution in [3.63, 3.8) is 0 Å². The van der Waals surface area contributed by atoms with E-state index in [-0.39, 0.29) is 17.3 Å². The van der Waals surface area contributed by atoms with E-state index in [0.717, 1.165) is 12.0 Å². The lowest BCUT2D eigenvalue weighted by Gasteiger charge is -2.34. The molecule has 1 aliphatic heterocycles. The summed E-state index contributed by atoms with van der Waals surface area (Å²) in [5.41, 5.74) is 2.57. The second kappa shape index (κ2) is 5.57. The minimum absolute atomic E-state index is 0.109. The number of hydrogen-bond donors (Lipinski definition) is 2.